The Hall–Kier alpha value is -2.38. The Labute approximate surface area is 154 Å². The van der Waals surface area contributed by atoms with Crippen molar-refractivity contribution in [2.24, 2.45) is 0 Å². The number of hydrogen-bond donors (Lipinski definition) is 2. The van der Waals surface area contributed by atoms with E-state index in [4.69, 9.17) is 0 Å². The Bertz CT molecular complexity index is 961. The fourth-order valence-electron chi connectivity index (χ4n) is 3.01. The largest absolute Gasteiger partial charge is 0.370 e. The molecule has 0 spiro atoms. The van der Waals surface area contributed by atoms with E-state index in [-0.39, 0.29) is 4.90 Å². The summed E-state index contributed by atoms with van der Waals surface area (Å²) in [5.74, 6) is 0.670. The van der Waals surface area contributed by atoms with Crippen molar-refractivity contribution in [3.05, 3.63) is 54.4 Å². The molecule has 0 aliphatic rings. The van der Waals surface area contributed by atoms with Gasteiger partial charge in [0.25, 0.3) is 0 Å². The molecule has 0 bridgehead atoms. The first-order valence-electron chi connectivity index (χ1n) is 8.81. The minimum atomic E-state index is -3.46. The van der Waals surface area contributed by atoms with Crippen LogP contribution in [0, 0.1) is 0 Å². The highest BCUT2D eigenvalue weighted by Gasteiger charge is 2.21. The summed E-state index contributed by atoms with van der Waals surface area (Å²) in [6.07, 6.45) is 4.30. The minimum absolute atomic E-state index is 0.225. The summed E-state index contributed by atoms with van der Waals surface area (Å²) < 4.78 is 26.3. The van der Waals surface area contributed by atoms with Crippen LogP contribution in [0.25, 0.3) is 10.9 Å². The second-order valence-electron chi connectivity index (χ2n) is 6.00. The molecule has 6 nitrogen and oxygen atoms in total. The predicted molar refractivity (Wildman–Crippen MR) is 105 cm³/mol. The number of pyridine rings is 1. The first-order valence-corrected chi connectivity index (χ1v) is 10.2. The van der Waals surface area contributed by atoms with Crippen LogP contribution in [0.3, 0.4) is 0 Å². The lowest BCUT2D eigenvalue weighted by atomic mass is 10.1. The summed E-state index contributed by atoms with van der Waals surface area (Å²) in [7, 11) is -3.46. The SMILES string of the molecule is CCN(CC)S(=O)(=O)c1ccc(NCCc2c[nH]c3ccccc23)nc1. The van der Waals surface area contributed by atoms with Crippen LogP contribution < -0.4 is 5.32 Å². The molecule has 0 fully saturated rings. The number of nitrogens with zero attached hydrogens (tertiary/aromatic N) is 2. The maximum absolute atomic E-state index is 12.5. The van der Waals surface area contributed by atoms with Crippen LogP contribution >= 0.6 is 0 Å². The number of para-hydroxylation sites is 1. The van der Waals surface area contributed by atoms with Gasteiger partial charge in [0.2, 0.25) is 10.0 Å². The maximum Gasteiger partial charge on any atom is 0.244 e. The van der Waals surface area contributed by atoms with E-state index >= 15 is 0 Å². The number of H-pyrrole nitrogens is 1. The number of anilines is 1. The van der Waals surface area contributed by atoms with Gasteiger partial charge in [-0.25, -0.2) is 13.4 Å². The van der Waals surface area contributed by atoms with Crippen molar-refractivity contribution in [3.63, 3.8) is 0 Å². The zero-order chi connectivity index (χ0) is 18.6. The number of hydrogen-bond acceptors (Lipinski definition) is 4. The van der Waals surface area contributed by atoms with Gasteiger partial charge in [0.15, 0.2) is 0 Å². The van der Waals surface area contributed by atoms with E-state index in [1.54, 1.807) is 12.1 Å². The van der Waals surface area contributed by atoms with E-state index in [0.29, 0.717) is 18.9 Å². The molecular weight excluding hydrogens is 348 g/mol. The molecule has 0 aliphatic carbocycles. The summed E-state index contributed by atoms with van der Waals surface area (Å²) in [6, 6.07) is 11.5. The maximum atomic E-state index is 12.5. The van der Waals surface area contributed by atoms with Crippen LogP contribution in [-0.4, -0.2) is 42.3 Å². The second-order valence-corrected chi connectivity index (χ2v) is 7.94. The standard InChI is InChI=1S/C19H24N4O2S/c1-3-23(4-2)26(24,25)16-9-10-19(22-14-16)20-12-11-15-13-21-18-8-6-5-7-17(15)18/h5-10,13-14,21H,3-4,11-12H2,1-2H3,(H,20,22). The smallest absolute Gasteiger partial charge is 0.244 e. The topological polar surface area (TPSA) is 78.1 Å². The van der Waals surface area contributed by atoms with Crippen molar-refractivity contribution in [3.8, 4) is 0 Å². The van der Waals surface area contributed by atoms with Crippen molar-refractivity contribution in [1.82, 2.24) is 14.3 Å². The van der Waals surface area contributed by atoms with Crippen molar-refractivity contribution in [2.45, 2.75) is 25.2 Å². The number of aromatic nitrogens is 2. The zero-order valence-corrected chi connectivity index (χ0v) is 15.9. The number of sulfonamides is 1. The normalized spacial score (nSPS) is 12.0. The van der Waals surface area contributed by atoms with Crippen molar-refractivity contribution < 1.29 is 8.42 Å². The highest BCUT2D eigenvalue weighted by Crippen LogP contribution is 2.19. The third-order valence-electron chi connectivity index (χ3n) is 4.45. The van der Waals surface area contributed by atoms with Gasteiger partial charge in [-0.3, -0.25) is 0 Å². The van der Waals surface area contributed by atoms with E-state index in [2.05, 4.69) is 27.4 Å². The Balaban J connectivity index is 1.63. The highest BCUT2D eigenvalue weighted by molar-refractivity contribution is 7.89. The lowest BCUT2D eigenvalue weighted by Gasteiger charge is -2.18. The van der Waals surface area contributed by atoms with Crippen LogP contribution in [0.4, 0.5) is 5.82 Å². The van der Waals surface area contributed by atoms with Gasteiger partial charge in [0, 0.05) is 42.9 Å². The summed E-state index contributed by atoms with van der Waals surface area (Å²) in [5.41, 5.74) is 2.38. The van der Waals surface area contributed by atoms with Crippen LogP contribution in [0.15, 0.2) is 53.7 Å². The summed E-state index contributed by atoms with van der Waals surface area (Å²) in [5, 5.41) is 4.47. The average molecular weight is 372 g/mol. The quantitative estimate of drug-likeness (QED) is 0.636. The number of aromatic amines is 1. The molecule has 138 valence electrons. The van der Waals surface area contributed by atoms with Crippen molar-refractivity contribution >= 4 is 26.7 Å². The van der Waals surface area contributed by atoms with Gasteiger partial charge in [-0.15, -0.1) is 0 Å². The first kappa shape index (κ1) is 18.4. The number of fused-ring (bicyclic) bond motifs is 1. The first-order chi connectivity index (χ1) is 12.6. The van der Waals surface area contributed by atoms with Crippen LogP contribution in [0.5, 0.6) is 0 Å². The van der Waals surface area contributed by atoms with Gasteiger partial charge in [0.1, 0.15) is 10.7 Å². The molecule has 0 amide bonds. The monoisotopic (exact) mass is 372 g/mol. The van der Waals surface area contributed by atoms with Gasteiger partial charge >= 0.3 is 0 Å². The third kappa shape index (κ3) is 3.73. The summed E-state index contributed by atoms with van der Waals surface area (Å²) >= 11 is 0. The molecule has 26 heavy (non-hydrogen) atoms. The molecule has 0 aliphatic heterocycles. The van der Waals surface area contributed by atoms with Crippen molar-refractivity contribution in [2.75, 3.05) is 25.0 Å². The molecule has 0 radical (unpaired) electrons. The Kier molecular flexibility index (Phi) is 5.58. The van der Waals surface area contributed by atoms with Gasteiger partial charge < -0.3 is 10.3 Å². The fourth-order valence-corrected chi connectivity index (χ4v) is 4.42. The van der Waals surface area contributed by atoms with Crippen LogP contribution in [0.2, 0.25) is 0 Å². The molecule has 3 aromatic rings. The highest BCUT2D eigenvalue weighted by atomic mass is 32.2. The number of rotatable bonds is 8. The molecule has 0 saturated heterocycles. The molecule has 0 unspecified atom stereocenters. The molecular formula is C19H24N4O2S. The predicted octanol–water partition coefficient (Wildman–Crippen LogP) is 3.25. The Morgan fingerprint density at radius 3 is 2.58 bits per heavy atom. The van der Waals surface area contributed by atoms with E-state index in [9.17, 15) is 8.42 Å². The number of nitrogens with one attached hydrogen (secondary N) is 2. The second kappa shape index (κ2) is 7.88. The molecule has 0 atom stereocenters. The van der Waals surface area contributed by atoms with E-state index in [0.717, 1.165) is 18.5 Å². The van der Waals surface area contributed by atoms with E-state index < -0.39 is 10.0 Å². The van der Waals surface area contributed by atoms with Gasteiger partial charge in [0.05, 0.1) is 0 Å². The van der Waals surface area contributed by atoms with Gasteiger partial charge in [-0.05, 0) is 30.2 Å². The van der Waals surface area contributed by atoms with Crippen molar-refractivity contribution in [1.29, 1.82) is 0 Å². The molecule has 2 aromatic heterocycles. The fraction of sp³-hybridized carbons (Fsp3) is 0.316. The Morgan fingerprint density at radius 2 is 1.88 bits per heavy atom. The molecule has 0 saturated carbocycles. The summed E-state index contributed by atoms with van der Waals surface area (Å²) in [6.45, 7) is 5.27. The van der Waals surface area contributed by atoms with Gasteiger partial charge in [-0.1, -0.05) is 32.0 Å². The lowest BCUT2D eigenvalue weighted by molar-refractivity contribution is 0.445. The third-order valence-corrected chi connectivity index (χ3v) is 6.49. The van der Waals surface area contributed by atoms with E-state index in [1.807, 2.05) is 32.2 Å². The molecule has 2 heterocycles. The average Bonchev–Trinajstić information content (AvgIpc) is 3.06. The lowest BCUT2D eigenvalue weighted by Crippen LogP contribution is -2.30. The van der Waals surface area contributed by atoms with Crippen LogP contribution in [-0.2, 0) is 16.4 Å². The number of benzene rings is 1. The Morgan fingerprint density at radius 1 is 1.12 bits per heavy atom. The van der Waals surface area contributed by atoms with Gasteiger partial charge in [-0.2, -0.15) is 4.31 Å². The van der Waals surface area contributed by atoms with Crippen LogP contribution in [0.1, 0.15) is 19.4 Å². The molecule has 7 heteroatoms. The summed E-state index contributed by atoms with van der Waals surface area (Å²) in [4.78, 5) is 7.75. The van der Waals surface area contributed by atoms with E-state index in [1.165, 1.54) is 21.5 Å². The molecule has 1 aromatic carbocycles. The molecule has 2 N–H and O–H groups in total. The molecule has 3 rings (SSSR count). The minimum Gasteiger partial charge on any atom is -0.370 e. The zero-order valence-electron chi connectivity index (χ0n) is 15.1.